The van der Waals surface area contributed by atoms with Crippen LogP contribution in [0.15, 0.2) is 18.3 Å². The van der Waals surface area contributed by atoms with Crippen molar-refractivity contribution < 1.29 is 4.79 Å². The molecule has 2 saturated heterocycles. The van der Waals surface area contributed by atoms with E-state index in [-0.39, 0.29) is 5.91 Å². The summed E-state index contributed by atoms with van der Waals surface area (Å²) in [5.74, 6) is 1.92. The van der Waals surface area contributed by atoms with Crippen LogP contribution < -0.4 is 10.2 Å². The fourth-order valence-corrected chi connectivity index (χ4v) is 3.52. The molecular formula is C18H28N4O. The maximum absolute atomic E-state index is 12.6. The summed E-state index contributed by atoms with van der Waals surface area (Å²) < 4.78 is 0. The molecule has 23 heavy (non-hydrogen) atoms. The second-order valence-electron chi connectivity index (χ2n) is 6.95. The number of carbonyl (C=O) groups excluding carboxylic acids is 1. The number of pyridine rings is 1. The van der Waals surface area contributed by atoms with Crippen LogP contribution in [0, 0.1) is 5.92 Å². The summed E-state index contributed by atoms with van der Waals surface area (Å²) in [6.07, 6.45) is 6.40. The first kappa shape index (κ1) is 16.2. The Bertz CT molecular complexity index is 522. The van der Waals surface area contributed by atoms with Gasteiger partial charge in [0.05, 0.1) is 5.56 Å². The number of nitrogens with zero attached hydrogens (tertiary/aromatic N) is 3. The molecular weight excluding hydrogens is 288 g/mol. The molecule has 1 atom stereocenters. The fourth-order valence-electron chi connectivity index (χ4n) is 3.52. The van der Waals surface area contributed by atoms with Crippen molar-refractivity contribution in [3.05, 3.63) is 23.9 Å². The standard InChI is InChI=1S/C18H28N4O/c1-14-7-10-21(11-8-14)17-6-5-15(12-20-17)18(23)22-9-3-4-16(13-22)19-2/h5-6,12,14,16,19H,3-4,7-11,13H2,1-2H3. The van der Waals surface area contributed by atoms with Gasteiger partial charge in [0.2, 0.25) is 0 Å². The van der Waals surface area contributed by atoms with Crippen molar-refractivity contribution in [1.82, 2.24) is 15.2 Å². The number of likely N-dealkylation sites (tertiary alicyclic amines) is 1. The number of aromatic nitrogens is 1. The van der Waals surface area contributed by atoms with Crippen LogP contribution in [0.25, 0.3) is 0 Å². The molecule has 2 aliphatic heterocycles. The van der Waals surface area contributed by atoms with Crippen LogP contribution in [0.3, 0.4) is 0 Å². The first-order valence-corrected chi connectivity index (χ1v) is 8.85. The highest BCUT2D eigenvalue weighted by atomic mass is 16.2. The van der Waals surface area contributed by atoms with Crippen LogP contribution >= 0.6 is 0 Å². The summed E-state index contributed by atoms with van der Waals surface area (Å²) in [7, 11) is 1.97. The highest BCUT2D eigenvalue weighted by Gasteiger charge is 2.24. The zero-order valence-corrected chi connectivity index (χ0v) is 14.3. The second kappa shape index (κ2) is 7.30. The van der Waals surface area contributed by atoms with Crippen LogP contribution in [-0.4, -0.2) is 55.1 Å². The maximum atomic E-state index is 12.6. The van der Waals surface area contributed by atoms with Gasteiger partial charge in [0.25, 0.3) is 5.91 Å². The lowest BCUT2D eigenvalue weighted by molar-refractivity contribution is 0.0698. The van der Waals surface area contributed by atoms with Crippen molar-refractivity contribution in [2.75, 3.05) is 38.1 Å². The molecule has 0 aliphatic carbocycles. The van der Waals surface area contributed by atoms with E-state index >= 15 is 0 Å². The molecule has 3 heterocycles. The summed E-state index contributed by atoms with van der Waals surface area (Å²) in [5, 5.41) is 3.28. The van der Waals surface area contributed by atoms with Crippen molar-refractivity contribution in [3.8, 4) is 0 Å². The number of amides is 1. The lowest BCUT2D eigenvalue weighted by atomic mass is 9.99. The van der Waals surface area contributed by atoms with Gasteiger partial charge < -0.3 is 15.1 Å². The first-order valence-electron chi connectivity index (χ1n) is 8.85. The van der Waals surface area contributed by atoms with E-state index in [4.69, 9.17) is 0 Å². The number of hydrogen-bond donors (Lipinski definition) is 1. The molecule has 0 spiro atoms. The monoisotopic (exact) mass is 316 g/mol. The summed E-state index contributed by atoms with van der Waals surface area (Å²) in [6, 6.07) is 4.35. The number of anilines is 1. The van der Waals surface area contributed by atoms with Crippen LogP contribution in [0.4, 0.5) is 5.82 Å². The Labute approximate surface area is 139 Å². The van der Waals surface area contributed by atoms with E-state index in [2.05, 4.69) is 22.1 Å². The third kappa shape index (κ3) is 3.83. The Hall–Kier alpha value is -1.62. The Morgan fingerprint density at radius 3 is 2.65 bits per heavy atom. The molecule has 1 aromatic heterocycles. The van der Waals surface area contributed by atoms with Crippen molar-refractivity contribution >= 4 is 11.7 Å². The molecule has 1 N–H and O–H groups in total. The highest BCUT2D eigenvalue weighted by Crippen LogP contribution is 2.22. The van der Waals surface area contributed by atoms with E-state index in [1.165, 1.54) is 12.8 Å². The Balaban J connectivity index is 1.63. The normalized spacial score (nSPS) is 23.1. The maximum Gasteiger partial charge on any atom is 0.255 e. The Morgan fingerprint density at radius 2 is 2.00 bits per heavy atom. The number of hydrogen-bond acceptors (Lipinski definition) is 4. The summed E-state index contributed by atoms with van der Waals surface area (Å²) in [4.78, 5) is 21.5. The van der Waals surface area contributed by atoms with E-state index in [9.17, 15) is 4.79 Å². The van der Waals surface area contributed by atoms with Gasteiger partial charge >= 0.3 is 0 Å². The zero-order valence-electron chi connectivity index (χ0n) is 14.3. The van der Waals surface area contributed by atoms with Gasteiger partial charge in [-0.05, 0) is 50.8 Å². The lowest BCUT2D eigenvalue weighted by Gasteiger charge is -2.33. The van der Waals surface area contributed by atoms with Crippen molar-refractivity contribution in [2.24, 2.45) is 5.92 Å². The number of nitrogens with one attached hydrogen (secondary N) is 1. The molecule has 0 aromatic carbocycles. The van der Waals surface area contributed by atoms with Crippen LogP contribution in [0.1, 0.15) is 43.0 Å². The summed E-state index contributed by atoms with van der Waals surface area (Å²) in [6.45, 7) is 6.09. The number of likely N-dealkylation sites (N-methyl/N-ethyl adjacent to an activating group) is 1. The van der Waals surface area contributed by atoms with Gasteiger partial charge in [-0.15, -0.1) is 0 Å². The van der Waals surface area contributed by atoms with Crippen LogP contribution in [-0.2, 0) is 0 Å². The highest BCUT2D eigenvalue weighted by molar-refractivity contribution is 5.94. The van der Waals surface area contributed by atoms with Crippen LogP contribution in [0.5, 0.6) is 0 Å². The van der Waals surface area contributed by atoms with Crippen LogP contribution in [0.2, 0.25) is 0 Å². The smallest absolute Gasteiger partial charge is 0.255 e. The number of rotatable bonds is 3. The predicted octanol–water partition coefficient (Wildman–Crippen LogP) is 2.14. The zero-order chi connectivity index (χ0) is 16.2. The van der Waals surface area contributed by atoms with Gasteiger partial charge in [-0.1, -0.05) is 6.92 Å². The van der Waals surface area contributed by atoms with E-state index in [1.54, 1.807) is 6.20 Å². The van der Waals surface area contributed by atoms with Crippen molar-refractivity contribution in [1.29, 1.82) is 0 Å². The van der Waals surface area contributed by atoms with E-state index in [1.807, 2.05) is 24.1 Å². The molecule has 5 heteroatoms. The first-order chi connectivity index (χ1) is 11.2. The molecule has 0 radical (unpaired) electrons. The van der Waals surface area contributed by atoms with Gasteiger partial charge in [0.1, 0.15) is 5.82 Å². The SMILES string of the molecule is CNC1CCCN(C(=O)c2ccc(N3CCC(C)CC3)nc2)C1. The average molecular weight is 316 g/mol. The molecule has 1 aromatic rings. The Morgan fingerprint density at radius 1 is 1.22 bits per heavy atom. The fraction of sp³-hybridized carbons (Fsp3) is 0.667. The molecule has 3 rings (SSSR count). The summed E-state index contributed by atoms with van der Waals surface area (Å²) in [5.41, 5.74) is 0.705. The molecule has 1 amide bonds. The lowest BCUT2D eigenvalue weighted by Crippen LogP contribution is -2.47. The molecule has 2 fully saturated rings. The van der Waals surface area contributed by atoms with Crippen molar-refractivity contribution in [3.63, 3.8) is 0 Å². The second-order valence-corrected chi connectivity index (χ2v) is 6.95. The number of carbonyl (C=O) groups is 1. The molecule has 5 nitrogen and oxygen atoms in total. The average Bonchev–Trinajstić information content (AvgIpc) is 2.62. The molecule has 126 valence electrons. The molecule has 2 aliphatic rings. The predicted molar refractivity (Wildman–Crippen MR) is 92.8 cm³/mol. The van der Waals surface area contributed by atoms with Gasteiger partial charge in [-0.25, -0.2) is 4.98 Å². The minimum atomic E-state index is 0.108. The van der Waals surface area contributed by atoms with Gasteiger partial charge in [-0.2, -0.15) is 0 Å². The Kier molecular flexibility index (Phi) is 5.16. The van der Waals surface area contributed by atoms with E-state index in [0.29, 0.717) is 11.6 Å². The largest absolute Gasteiger partial charge is 0.357 e. The minimum absolute atomic E-state index is 0.108. The van der Waals surface area contributed by atoms with Gasteiger partial charge in [0, 0.05) is 38.4 Å². The molecule has 0 saturated carbocycles. The molecule has 0 bridgehead atoms. The topological polar surface area (TPSA) is 48.5 Å². The van der Waals surface area contributed by atoms with Gasteiger partial charge in [0.15, 0.2) is 0 Å². The minimum Gasteiger partial charge on any atom is -0.357 e. The summed E-state index contributed by atoms with van der Waals surface area (Å²) >= 11 is 0. The van der Waals surface area contributed by atoms with Crippen molar-refractivity contribution in [2.45, 2.75) is 38.6 Å². The quantitative estimate of drug-likeness (QED) is 0.928. The van der Waals surface area contributed by atoms with E-state index in [0.717, 1.165) is 50.8 Å². The third-order valence-corrected chi connectivity index (χ3v) is 5.22. The molecule has 1 unspecified atom stereocenters. The van der Waals surface area contributed by atoms with E-state index < -0.39 is 0 Å². The van der Waals surface area contributed by atoms with Gasteiger partial charge in [-0.3, -0.25) is 4.79 Å². The number of piperidine rings is 2. The third-order valence-electron chi connectivity index (χ3n) is 5.22.